The SMILES string of the molecule is O=C(O[B]OC(=O)c1ccccc1)c1ccccc1.[H-].[Na+]. The van der Waals surface area contributed by atoms with Crippen LogP contribution in [0.1, 0.15) is 22.1 Å². The zero-order valence-corrected chi connectivity index (χ0v) is 13.0. The van der Waals surface area contributed by atoms with Gasteiger partial charge in [0.05, 0.1) is 11.1 Å². The topological polar surface area (TPSA) is 52.6 Å². The van der Waals surface area contributed by atoms with E-state index in [0.29, 0.717) is 11.1 Å². The van der Waals surface area contributed by atoms with Gasteiger partial charge < -0.3 is 10.7 Å². The minimum Gasteiger partial charge on any atom is -1.00 e. The summed E-state index contributed by atoms with van der Waals surface area (Å²) in [5.74, 6) is -1.16. The summed E-state index contributed by atoms with van der Waals surface area (Å²) in [7, 11) is 0.741. The molecule has 0 bridgehead atoms. The Morgan fingerprint density at radius 1 is 0.750 bits per heavy atom. The summed E-state index contributed by atoms with van der Waals surface area (Å²) in [5, 5.41) is 0. The summed E-state index contributed by atoms with van der Waals surface area (Å²) in [6, 6.07) is 16.9. The van der Waals surface area contributed by atoms with Gasteiger partial charge in [-0.25, -0.2) is 9.59 Å². The Labute approximate surface area is 141 Å². The Bertz CT molecular complexity index is 514. The maximum atomic E-state index is 11.5. The zero-order valence-electron chi connectivity index (χ0n) is 12.0. The summed E-state index contributed by atoms with van der Waals surface area (Å²) in [4.78, 5) is 23.0. The molecule has 2 aromatic rings. The maximum absolute atomic E-state index is 11.5. The first kappa shape index (κ1) is 16.5. The van der Waals surface area contributed by atoms with Crippen LogP contribution in [0.25, 0.3) is 0 Å². The molecule has 4 nitrogen and oxygen atoms in total. The van der Waals surface area contributed by atoms with Crippen LogP contribution in [-0.2, 0) is 9.31 Å². The number of carbonyl (C=O) groups is 2. The molecule has 20 heavy (non-hydrogen) atoms. The first-order chi connectivity index (χ1) is 9.27. The predicted molar refractivity (Wildman–Crippen MR) is 70.6 cm³/mol. The average Bonchev–Trinajstić information content (AvgIpc) is 2.49. The smallest absolute Gasteiger partial charge is 1.00 e. The van der Waals surface area contributed by atoms with Crippen molar-refractivity contribution in [3.63, 3.8) is 0 Å². The number of rotatable bonds is 4. The predicted octanol–water partition coefficient (Wildman–Crippen LogP) is -0.649. The zero-order chi connectivity index (χ0) is 13.5. The molecule has 0 aliphatic carbocycles. The molecule has 2 rings (SSSR count). The van der Waals surface area contributed by atoms with Gasteiger partial charge in [-0.3, -0.25) is 0 Å². The first-order valence-electron chi connectivity index (χ1n) is 5.61. The molecule has 2 aromatic carbocycles. The van der Waals surface area contributed by atoms with Crippen LogP contribution in [0.3, 0.4) is 0 Å². The Morgan fingerprint density at radius 2 is 1.10 bits per heavy atom. The van der Waals surface area contributed by atoms with Crippen molar-refractivity contribution < 1.29 is 49.9 Å². The van der Waals surface area contributed by atoms with Crippen molar-refractivity contribution in [3.05, 3.63) is 71.8 Å². The molecule has 0 heterocycles. The van der Waals surface area contributed by atoms with Gasteiger partial charge in [0.15, 0.2) is 0 Å². The van der Waals surface area contributed by atoms with E-state index in [1.165, 1.54) is 0 Å². The molecule has 6 heteroatoms. The fraction of sp³-hybridized carbons (Fsp3) is 0. The average molecular weight is 277 g/mol. The molecule has 95 valence electrons. The van der Waals surface area contributed by atoms with Crippen LogP contribution in [0.15, 0.2) is 60.7 Å². The van der Waals surface area contributed by atoms with Crippen molar-refractivity contribution in [1.29, 1.82) is 0 Å². The first-order valence-corrected chi connectivity index (χ1v) is 5.61. The normalized spacial score (nSPS) is 9.00. The monoisotopic (exact) mass is 277 g/mol. The molecule has 0 amide bonds. The van der Waals surface area contributed by atoms with E-state index in [9.17, 15) is 9.59 Å². The van der Waals surface area contributed by atoms with Crippen molar-refractivity contribution in [2.75, 3.05) is 0 Å². The van der Waals surface area contributed by atoms with Gasteiger partial charge in [0.1, 0.15) is 0 Å². The summed E-state index contributed by atoms with van der Waals surface area (Å²) in [6.07, 6.45) is 0. The molecule has 0 N–H and O–H groups in total. The molecule has 1 radical (unpaired) electrons. The van der Waals surface area contributed by atoms with Crippen LogP contribution in [-0.4, -0.2) is 19.6 Å². The van der Waals surface area contributed by atoms with Crippen LogP contribution in [0.5, 0.6) is 0 Å². The second kappa shape index (κ2) is 8.58. The third-order valence-electron chi connectivity index (χ3n) is 2.33. The number of hydrogen-bond donors (Lipinski definition) is 0. The van der Waals surface area contributed by atoms with Gasteiger partial charge in [0.25, 0.3) is 0 Å². The van der Waals surface area contributed by atoms with Gasteiger partial charge in [-0.05, 0) is 24.3 Å². The third-order valence-corrected chi connectivity index (χ3v) is 2.33. The van der Waals surface area contributed by atoms with Crippen molar-refractivity contribution in [1.82, 2.24) is 0 Å². The van der Waals surface area contributed by atoms with Crippen LogP contribution < -0.4 is 29.6 Å². The van der Waals surface area contributed by atoms with Crippen molar-refractivity contribution in [2.45, 2.75) is 0 Å². The summed E-state index contributed by atoms with van der Waals surface area (Å²) in [5.41, 5.74) is 0.768. The Balaban J connectivity index is 0.00000200. The Hall–Kier alpha value is -1.56. The van der Waals surface area contributed by atoms with Gasteiger partial charge in [0.2, 0.25) is 0 Å². The van der Waals surface area contributed by atoms with E-state index in [1.54, 1.807) is 60.7 Å². The largest absolute Gasteiger partial charge is 1.00 e. The van der Waals surface area contributed by atoms with E-state index in [4.69, 9.17) is 9.31 Å². The third kappa shape index (κ3) is 4.85. The Kier molecular flexibility index (Phi) is 7.08. The van der Waals surface area contributed by atoms with E-state index in [0.717, 1.165) is 7.69 Å². The van der Waals surface area contributed by atoms with Crippen LogP contribution in [0, 0.1) is 0 Å². The molecule has 0 aromatic heterocycles. The summed E-state index contributed by atoms with van der Waals surface area (Å²) < 4.78 is 9.43. The fourth-order valence-corrected chi connectivity index (χ4v) is 1.40. The van der Waals surface area contributed by atoms with Gasteiger partial charge in [-0.15, -0.1) is 0 Å². The summed E-state index contributed by atoms with van der Waals surface area (Å²) in [6.45, 7) is 0. The molecular weight excluding hydrogens is 266 g/mol. The van der Waals surface area contributed by atoms with Crippen molar-refractivity contribution in [3.8, 4) is 0 Å². The molecule has 0 fully saturated rings. The minimum absolute atomic E-state index is 0. The van der Waals surface area contributed by atoms with E-state index in [1.807, 2.05) is 0 Å². The van der Waals surface area contributed by atoms with Crippen molar-refractivity contribution in [2.24, 2.45) is 0 Å². The molecule has 0 saturated heterocycles. The van der Waals surface area contributed by atoms with Crippen molar-refractivity contribution >= 4 is 19.6 Å². The van der Waals surface area contributed by atoms with E-state index in [-0.39, 0.29) is 31.0 Å². The minimum atomic E-state index is -0.582. The van der Waals surface area contributed by atoms with Crippen LogP contribution >= 0.6 is 0 Å². The maximum Gasteiger partial charge on any atom is 1.00 e. The standard InChI is InChI=1S/C14H10BO4.Na.H/c16-13(11-7-3-1-4-8-11)18-15-19-14(17)12-9-5-2-6-10-12;;/h1-10H;;/q;+1;-1. The molecule has 0 spiro atoms. The second-order valence-electron chi connectivity index (χ2n) is 3.64. The molecule has 0 atom stereocenters. The van der Waals surface area contributed by atoms with Crippen LogP contribution in [0.4, 0.5) is 0 Å². The molecular formula is C14H11BNaO4. The van der Waals surface area contributed by atoms with Crippen LogP contribution in [0.2, 0.25) is 0 Å². The fourth-order valence-electron chi connectivity index (χ4n) is 1.40. The van der Waals surface area contributed by atoms with E-state index >= 15 is 0 Å². The molecule has 0 saturated carbocycles. The van der Waals surface area contributed by atoms with E-state index in [2.05, 4.69) is 0 Å². The molecule has 0 aliphatic rings. The van der Waals surface area contributed by atoms with Gasteiger partial charge >= 0.3 is 49.2 Å². The Morgan fingerprint density at radius 3 is 1.45 bits per heavy atom. The van der Waals surface area contributed by atoms with E-state index < -0.39 is 11.9 Å². The number of hydrogen-bond acceptors (Lipinski definition) is 4. The summed E-state index contributed by atoms with van der Waals surface area (Å²) >= 11 is 0. The van der Waals surface area contributed by atoms with Gasteiger partial charge in [0, 0.05) is 0 Å². The number of carbonyl (C=O) groups excluding carboxylic acids is 2. The quantitative estimate of drug-likeness (QED) is 0.697. The molecule has 0 unspecified atom stereocenters. The molecule has 0 aliphatic heterocycles. The van der Waals surface area contributed by atoms with Gasteiger partial charge in [-0.1, -0.05) is 36.4 Å². The number of benzene rings is 2. The second-order valence-corrected chi connectivity index (χ2v) is 3.64. The van der Waals surface area contributed by atoms with Gasteiger partial charge in [-0.2, -0.15) is 0 Å².